The molecule has 0 heterocycles. The highest BCUT2D eigenvalue weighted by Gasteiger charge is 2.35. The number of amidine groups is 1. The molecule has 1 aliphatic carbocycles. The minimum atomic E-state index is -1.09. The number of benzene rings is 3. The van der Waals surface area contributed by atoms with Gasteiger partial charge in [0.05, 0.1) is 11.6 Å². The lowest BCUT2D eigenvalue weighted by Crippen LogP contribution is -2.55. The molecule has 1 saturated carbocycles. The van der Waals surface area contributed by atoms with E-state index in [1.165, 1.54) is 0 Å². The van der Waals surface area contributed by atoms with E-state index in [1.54, 1.807) is 42.5 Å². The summed E-state index contributed by atoms with van der Waals surface area (Å²) < 4.78 is 5.70. The number of amides is 3. The molecule has 11 heteroatoms. The van der Waals surface area contributed by atoms with Gasteiger partial charge in [-0.15, -0.1) is 0 Å². The Kier molecular flexibility index (Phi) is 12.7. The lowest BCUT2D eigenvalue weighted by Gasteiger charge is -2.31. The van der Waals surface area contributed by atoms with E-state index in [4.69, 9.17) is 39.1 Å². The molecule has 45 heavy (non-hydrogen) atoms. The number of hydrogen-bond acceptors (Lipinski definition) is 5. The van der Waals surface area contributed by atoms with Gasteiger partial charge in [0.2, 0.25) is 17.7 Å². The van der Waals surface area contributed by atoms with Crippen LogP contribution in [0.2, 0.25) is 10.0 Å². The summed E-state index contributed by atoms with van der Waals surface area (Å²) in [5, 5.41) is 17.0. The van der Waals surface area contributed by atoms with Crippen molar-refractivity contribution in [3.8, 4) is 5.75 Å². The van der Waals surface area contributed by atoms with Gasteiger partial charge in [-0.05, 0) is 48.4 Å². The van der Waals surface area contributed by atoms with Gasteiger partial charge in [-0.3, -0.25) is 19.8 Å². The first kappa shape index (κ1) is 33.8. The van der Waals surface area contributed by atoms with E-state index in [9.17, 15) is 14.4 Å². The average Bonchev–Trinajstić information content (AvgIpc) is 3.06. The fourth-order valence-electron chi connectivity index (χ4n) is 5.43. The maximum atomic E-state index is 13.9. The van der Waals surface area contributed by atoms with E-state index in [2.05, 4.69) is 16.0 Å². The number of hydrogen-bond donors (Lipinski definition) is 5. The summed E-state index contributed by atoms with van der Waals surface area (Å²) in [6, 6.07) is 20.6. The second-order valence-electron chi connectivity index (χ2n) is 11.1. The molecule has 3 aromatic rings. The Bertz CT molecular complexity index is 1460. The molecular weight excluding hydrogens is 613 g/mol. The van der Waals surface area contributed by atoms with E-state index in [-0.39, 0.29) is 43.8 Å². The lowest BCUT2D eigenvalue weighted by atomic mass is 9.83. The molecule has 4 rings (SSSR count). The molecule has 0 spiro atoms. The highest BCUT2D eigenvalue weighted by Crippen LogP contribution is 2.31. The Morgan fingerprint density at radius 1 is 0.844 bits per heavy atom. The summed E-state index contributed by atoms with van der Waals surface area (Å²) in [4.78, 5) is 40.9. The first-order valence-electron chi connectivity index (χ1n) is 15.1. The number of carbonyl (C=O) groups is 3. The van der Waals surface area contributed by atoms with Crippen molar-refractivity contribution in [1.82, 2.24) is 16.0 Å². The average molecular weight is 653 g/mol. The van der Waals surface area contributed by atoms with Crippen LogP contribution in [0, 0.1) is 17.2 Å². The molecule has 0 saturated heterocycles. The number of rotatable bonds is 14. The fourth-order valence-corrected chi connectivity index (χ4v) is 5.77. The van der Waals surface area contributed by atoms with Crippen molar-refractivity contribution in [1.29, 1.82) is 5.41 Å². The van der Waals surface area contributed by atoms with Gasteiger partial charge in [-0.2, -0.15) is 0 Å². The third-order valence-electron chi connectivity index (χ3n) is 7.92. The monoisotopic (exact) mass is 651 g/mol. The number of nitrogens with two attached hydrogens (primary N) is 1. The Balaban J connectivity index is 1.46. The molecule has 3 amide bonds. The maximum Gasteiger partial charge on any atom is 0.242 e. The molecule has 1 unspecified atom stereocenters. The van der Waals surface area contributed by atoms with Gasteiger partial charge >= 0.3 is 0 Å². The zero-order chi connectivity index (χ0) is 32.2. The number of ether oxygens (including phenoxy) is 1. The Hall–Kier alpha value is -4.08. The van der Waals surface area contributed by atoms with E-state index in [0.717, 1.165) is 43.2 Å². The van der Waals surface area contributed by atoms with Crippen molar-refractivity contribution in [3.05, 3.63) is 99.5 Å². The van der Waals surface area contributed by atoms with Gasteiger partial charge in [-0.1, -0.05) is 103 Å². The summed E-state index contributed by atoms with van der Waals surface area (Å²) in [6.07, 6.45) is 4.70. The third-order valence-corrected chi connectivity index (χ3v) is 8.73. The second kappa shape index (κ2) is 16.8. The SMILES string of the molecule is N=C(N)c1ccc(CC(C(=O)NCc2ccccc2)C(=O)N[C@H](C(=O)NCCOc2cccc(Cl)c2Cl)C2CCCCC2)cc1. The van der Waals surface area contributed by atoms with Crippen LogP contribution in [0.1, 0.15) is 48.8 Å². The number of carbonyl (C=O) groups excluding carboxylic acids is 3. The zero-order valence-corrected chi connectivity index (χ0v) is 26.5. The molecule has 0 radical (unpaired) electrons. The number of halogens is 2. The van der Waals surface area contributed by atoms with Crippen LogP contribution in [0.5, 0.6) is 5.75 Å². The molecule has 6 N–H and O–H groups in total. The van der Waals surface area contributed by atoms with Crippen LogP contribution in [-0.4, -0.2) is 42.8 Å². The Labute approximate surface area is 273 Å². The summed E-state index contributed by atoms with van der Waals surface area (Å²) in [5.74, 6) is -2.11. The molecule has 0 bridgehead atoms. The first-order valence-corrected chi connectivity index (χ1v) is 15.9. The van der Waals surface area contributed by atoms with Crippen molar-refractivity contribution < 1.29 is 19.1 Å². The van der Waals surface area contributed by atoms with Crippen LogP contribution in [0.25, 0.3) is 0 Å². The summed E-state index contributed by atoms with van der Waals surface area (Å²) in [5.41, 5.74) is 7.77. The number of nitrogen functional groups attached to an aromatic ring is 1. The molecule has 3 aromatic carbocycles. The molecule has 9 nitrogen and oxygen atoms in total. The normalized spacial score (nSPS) is 14.5. The van der Waals surface area contributed by atoms with Crippen LogP contribution >= 0.6 is 23.2 Å². The van der Waals surface area contributed by atoms with Crippen LogP contribution in [0.3, 0.4) is 0 Å². The minimum absolute atomic E-state index is 0.0612. The van der Waals surface area contributed by atoms with Gasteiger partial charge in [0.1, 0.15) is 35.2 Å². The Morgan fingerprint density at radius 2 is 1.56 bits per heavy atom. The highest BCUT2D eigenvalue weighted by atomic mass is 35.5. The Morgan fingerprint density at radius 3 is 2.24 bits per heavy atom. The van der Waals surface area contributed by atoms with Crippen molar-refractivity contribution in [2.45, 2.75) is 51.1 Å². The van der Waals surface area contributed by atoms with Crippen molar-refractivity contribution in [3.63, 3.8) is 0 Å². The molecule has 2 atom stereocenters. The van der Waals surface area contributed by atoms with Gasteiger partial charge in [0.15, 0.2) is 0 Å². The van der Waals surface area contributed by atoms with Crippen molar-refractivity contribution >= 4 is 46.8 Å². The van der Waals surface area contributed by atoms with Gasteiger partial charge < -0.3 is 26.4 Å². The highest BCUT2D eigenvalue weighted by molar-refractivity contribution is 6.42. The van der Waals surface area contributed by atoms with Crippen molar-refractivity contribution in [2.75, 3.05) is 13.2 Å². The summed E-state index contributed by atoms with van der Waals surface area (Å²) >= 11 is 12.3. The van der Waals surface area contributed by atoms with E-state index < -0.39 is 23.8 Å². The number of nitrogens with one attached hydrogen (secondary N) is 4. The van der Waals surface area contributed by atoms with E-state index in [0.29, 0.717) is 21.4 Å². The van der Waals surface area contributed by atoms with Crippen molar-refractivity contribution in [2.24, 2.45) is 17.6 Å². The summed E-state index contributed by atoms with van der Waals surface area (Å²) in [6.45, 7) is 0.595. The lowest BCUT2D eigenvalue weighted by molar-refractivity contribution is -0.138. The fraction of sp³-hybridized carbons (Fsp3) is 0.353. The smallest absolute Gasteiger partial charge is 0.242 e. The second-order valence-corrected chi connectivity index (χ2v) is 11.9. The van der Waals surface area contributed by atoms with Gasteiger partial charge in [0, 0.05) is 12.1 Å². The van der Waals surface area contributed by atoms with Crippen LogP contribution in [0.4, 0.5) is 0 Å². The van der Waals surface area contributed by atoms with Crippen LogP contribution in [-0.2, 0) is 27.3 Å². The molecular formula is C34H39Cl2N5O4. The van der Waals surface area contributed by atoms with E-state index in [1.807, 2.05) is 30.3 Å². The minimum Gasteiger partial charge on any atom is -0.490 e. The molecule has 1 aliphatic rings. The van der Waals surface area contributed by atoms with Gasteiger partial charge in [0.25, 0.3) is 0 Å². The van der Waals surface area contributed by atoms with E-state index >= 15 is 0 Å². The topological polar surface area (TPSA) is 146 Å². The molecule has 0 aromatic heterocycles. The predicted molar refractivity (Wildman–Crippen MR) is 176 cm³/mol. The largest absolute Gasteiger partial charge is 0.490 e. The van der Waals surface area contributed by atoms with Crippen LogP contribution in [0.15, 0.2) is 72.8 Å². The zero-order valence-electron chi connectivity index (χ0n) is 25.0. The molecule has 0 aliphatic heterocycles. The molecule has 238 valence electrons. The maximum absolute atomic E-state index is 13.9. The van der Waals surface area contributed by atoms with Crippen LogP contribution < -0.4 is 26.4 Å². The predicted octanol–water partition coefficient (Wildman–Crippen LogP) is 5.01. The standard InChI is InChI=1S/C34H39Cl2N5O4/c35-27-12-7-13-28(29(27)36)45-19-18-39-34(44)30(24-10-5-2-6-11-24)41-33(43)26(20-22-14-16-25(17-15-22)31(37)38)32(42)40-21-23-8-3-1-4-9-23/h1,3-4,7-9,12-17,24,26,30H,2,5-6,10-11,18-21H2,(H3,37,38)(H,39,44)(H,40,42)(H,41,43)/t26?,30-/m0/s1. The third kappa shape index (κ3) is 9.96. The quantitative estimate of drug-likeness (QED) is 0.0719. The van der Waals surface area contributed by atoms with Gasteiger partial charge in [-0.25, -0.2) is 0 Å². The first-order chi connectivity index (χ1) is 21.7. The summed E-state index contributed by atoms with van der Waals surface area (Å²) in [7, 11) is 0. The molecule has 1 fully saturated rings.